The number of nitrogens with one attached hydrogen (secondary N) is 1. The molecule has 43 heavy (non-hydrogen) atoms. The van der Waals surface area contributed by atoms with E-state index in [9.17, 15) is 23.9 Å². The average molecular weight is 600 g/mol. The van der Waals surface area contributed by atoms with Crippen molar-refractivity contribution in [1.29, 1.82) is 0 Å². The summed E-state index contributed by atoms with van der Waals surface area (Å²) < 4.78 is 14.7. The fourth-order valence-electron chi connectivity index (χ4n) is 5.39. The number of nitrogens with zero attached hydrogens (tertiary/aromatic N) is 4. The Hall–Kier alpha value is -5.16. The highest BCUT2D eigenvalue weighted by molar-refractivity contribution is 6.31. The highest BCUT2D eigenvalue weighted by Gasteiger charge is 2.42. The van der Waals surface area contributed by atoms with Crippen LogP contribution in [0, 0.1) is 5.82 Å². The van der Waals surface area contributed by atoms with E-state index < -0.39 is 35.7 Å². The molecule has 0 bridgehead atoms. The van der Waals surface area contributed by atoms with E-state index in [-0.39, 0.29) is 34.8 Å². The van der Waals surface area contributed by atoms with Crippen LogP contribution in [0.2, 0.25) is 5.02 Å². The Kier molecular flexibility index (Phi) is 7.56. The van der Waals surface area contributed by atoms with Gasteiger partial charge in [0.1, 0.15) is 12.4 Å². The van der Waals surface area contributed by atoms with Gasteiger partial charge in [0.15, 0.2) is 5.82 Å². The quantitative estimate of drug-likeness (QED) is 0.322. The molecule has 3 heterocycles. The lowest BCUT2D eigenvalue weighted by atomic mass is 9.86. The second-order valence-corrected chi connectivity index (χ2v) is 10.4. The fraction of sp³-hybridized carbons (Fsp3) is 0.161. The third-order valence-electron chi connectivity index (χ3n) is 7.43. The number of hydrogen-bond acceptors (Lipinski definition) is 7. The minimum Gasteiger partial charge on any atom is -0.478 e. The Balaban J connectivity index is 1.32. The molecule has 2 aliphatic heterocycles. The van der Waals surface area contributed by atoms with E-state index in [4.69, 9.17) is 16.4 Å². The van der Waals surface area contributed by atoms with Crippen molar-refractivity contribution >= 4 is 40.8 Å². The molecular formula is C31H23ClFN5O5. The number of oxime groups is 1. The Morgan fingerprint density at radius 3 is 2.47 bits per heavy atom. The van der Waals surface area contributed by atoms with Gasteiger partial charge in [-0.2, -0.15) is 0 Å². The van der Waals surface area contributed by atoms with Gasteiger partial charge in [0.05, 0.1) is 16.3 Å². The molecular weight excluding hydrogens is 577 g/mol. The van der Waals surface area contributed by atoms with Gasteiger partial charge in [0, 0.05) is 42.2 Å². The highest BCUT2D eigenvalue weighted by atomic mass is 35.5. The summed E-state index contributed by atoms with van der Waals surface area (Å²) >= 11 is 5.94. The van der Waals surface area contributed by atoms with Gasteiger partial charge in [-0.05, 0) is 59.5 Å². The standard InChI is InChI=1S/C31H23ClFN5O5/c32-24-6-2-5-23(27(24)33)25-13-26(43-37-25)30(40)38-12-11-21-20(18-14-34-16-35-15-18)3-1-4-22(21)28(38)29(39)36-19-9-7-17(8-10-19)31(41)42/h1-10,14-16,26,28H,11-13H2,(H,36,39)(H,41,42)/t26-,28-/m1/s1. The molecule has 0 unspecified atom stereocenters. The zero-order valence-electron chi connectivity index (χ0n) is 22.4. The SMILES string of the molecule is O=C(O)c1ccc(NC(=O)[C@H]2c3cccc(-c4cncnc4)c3CCN2C(=O)[C@H]2CC(c3cccc(Cl)c3F)=NO2)cc1. The molecule has 2 N–H and O–H groups in total. The third kappa shape index (κ3) is 5.42. The van der Waals surface area contributed by atoms with Gasteiger partial charge >= 0.3 is 5.97 Å². The topological polar surface area (TPSA) is 134 Å². The number of hydrogen-bond donors (Lipinski definition) is 2. The Labute approximate surface area is 249 Å². The summed E-state index contributed by atoms with van der Waals surface area (Å²) in [6, 6.07) is 14.7. The van der Waals surface area contributed by atoms with Crippen molar-refractivity contribution in [3.63, 3.8) is 0 Å². The number of halogens is 2. The molecule has 3 aromatic carbocycles. The number of amides is 2. The van der Waals surface area contributed by atoms with Gasteiger partial charge in [-0.25, -0.2) is 19.2 Å². The van der Waals surface area contributed by atoms with Gasteiger partial charge in [-0.3, -0.25) is 9.59 Å². The second-order valence-electron chi connectivity index (χ2n) is 9.99. The van der Waals surface area contributed by atoms with Crippen LogP contribution in [-0.2, 0) is 20.8 Å². The number of fused-ring (bicyclic) bond motifs is 1. The molecule has 6 rings (SSSR count). The average Bonchev–Trinajstić information content (AvgIpc) is 3.52. The molecule has 2 amide bonds. The maximum atomic E-state index is 14.7. The lowest BCUT2D eigenvalue weighted by molar-refractivity contribution is -0.148. The number of benzene rings is 3. The van der Waals surface area contributed by atoms with E-state index in [0.29, 0.717) is 17.7 Å². The molecule has 2 aliphatic rings. The van der Waals surface area contributed by atoms with Crippen LogP contribution in [0.15, 0.2) is 84.5 Å². The van der Waals surface area contributed by atoms with Crippen LogP contribution in [0.5, 0.6) is 0 Å². The van der Waals surface area contributed by atoms with E-state index in [1.165, 1.54) is 47.6 Å². The number of carbonyl (C=O) groups is 3. The number of aromatic carboxylic acids is 1. The smallest absolute Gasteiger partial charge is 0.335 e. The molecule has 0 radical (unpaired) electrons. The van der Waals surface area contributed by atoms with Crippen molar-refractivity contribution in [2.45, 2.75) is 25.0 Å². The van der Waals surface area contributed by atoms with E-state index in [2.05, 4.69) is 20.4 Å². The maximum absolute atomic E-state index is 14.7. The minimum absolute atomic E-state index is 0.00810. The summed E-state index contributed by atoms with van der Waals surface area (Å²) in [6.45, 7) is 0.188. The van der Waals surface area contributed by atoms with Crippen LogP contribution >= 0.6 is 11.6 Å². The molecule has 0 saturated heterocycles. The molecule has 1 aromatic heterocycles. The van der Waals surface area contributed by atoms with E-state index in [0.717, 1.165) is 16.7 Å². The third-order valence-corrected chi connectivity index (χ3v) is 7.72. The minimum atomic E-state index is -1.09. The molecule has 4 aromatic rings. The van der Waals surface area contributed by atoms with Crippen LogP contribution in [-0.4, -0.2) is 56.1 Å². The first-order valence-electron chi connectivity index (χ1n) is 13.3. The second kappa shape index (κ2) is 11.6. The number of aromatic nitrogens is 2. The van der Waals surface area contributed by atoms with Crippen molar-refractivity contribution in [1.82, 2.24) is 14.9 Å². The largest absolute Gasteiger partial charge is 0.478 e. The molecule has 0 saturated carbocycles. The van der Waals surface area contributed by atoms with Crippen molar-refractivity contribution in [2.24, 2.45) is 5.16 Å². The fourth-order valence-corrected chi connectivity index (χ4v) is 5.56. The zero-order valence-corrected chi connectivity index (χ0v) is 23.2. The summed E-state index contributed by atoms with van der Waals surface area (Å²) in [5, 5.41) is 15.9. The summed E-state index contributed by atoms with van der Waals surface area (Å²) in [5.41, 5.74) is 3.89. The molecule has 2 atom stereocenters. The Bertz CT molecular complexity index is 1770. The van der Waals surface area contributed by atoms with Crippen LogP contribution in [0.3, 0.4) is 0 Å². The lowest BCUT2D eigenvalue weighted by Crippen LogP contribution is -2.49. The number of rotatable bonds is 6. The first-order chi connectivity index (χ1) is 20.8. The molecule has 0 spiro atoms. The first kappa shape index (κ1) is 28.0. The zero-order chi connectivity index (χ0) is 30.1. The number of carboxylic acids is 1. The van der Waals surface area contributed by atoms with Crippen LogP contribution in [0.4, 0.5) is 10.1 Å². The summed E-state index contributed by atoms with van der Waals surface area (Å²) in [4.78, 5) is 54.3. The number of carbonyl (C=O) groups excluding carboxylic acids is 2. The summed E-state index contributed by atoms with van der Waals surface area (Å²) in [7, 11) is 0. The Morgan fingerprint density at radius 2 is 1.72 bits per heavy atom. The lowest BCUT2D eigenvalue weighted by Gasteiger charge is -2.38. The van der Waals surface area contributed by atoms with Crippen molar-refractivity contribution in [2.75, 3.05) is 11.9 Å². The predicted molar refractivity (Wildman–Crippen MR) is 155 cm³/mol. The molecule has 0 aliphatic carbocycles. The van der Waals surface area contributed by atoms with E-state index >= 15 is 0 Å². The number of carboxylic acid groups (broad SMARTS) is 1. The van der Waals surface area contributed by atoms with Crippen LogP contribution in [0.1, 0.15) is 39.5 Å². The summed E-state index contributed by atoms with van der Waals surface area (Å²) in [5.74, 6) is -2.74. The molecule has 216 valence electrons. The molecule has 12 heteroatoms. The van der Waals surface area contributed by atoms with Crippen molar-refractivity contribution in [3.8, 4) is 11.1 Å². The van der Waals surface area contributed by atoms with Crippen molar-refractivity contribution < 1.29 is 28.7 Å². The number of anilines is 1. The van der Waals surface area contributed by atoms with E-state index in [1.807, 2.05) is 6.07 Å². The van der Waals surface area contributed by atoms with Gasteiger partial charge < -0.3 is 20.2 Å². The monoisotopic (exact) mass is 599 g/mol. The van der Waals surface area contributed by atoms with E-state index in [1.54, 1.807) is 30.6 Å². The Morgan fingerprint density at radius 1 is 1.00 bits per heavy atom. The normalized spacial score (nSPS) is 17.4. The van der Waals surface area contributed by atoms with Gasteiger partial charge in [0.2, 0.25) is 6.10 Å². The maximum Gasteiger partial charge on any atom is 0.335 e. The molecule has 0 fully saturated rings. The molecule has 10 nitrogen and oxygen atoms in total. The van der Waals surface area contributed by atoms with Gasteiger partial charge in [-0.15, -0.1) is 0 Å². The van der Waals surface area contributed by atoms with Gasteiger partial charge in [-0.1, -0.05) is 41.0 Å². The van der Waals surface area contributed by atoms with Crippen LogP contribution < -0.4 is 5.32 Å². The first-order valence-corrected chi connectivity index (χ1v) is 13.7. The van der Waals surface area contributed by atoms with Crippen molar-refractivity contribution in [3.05, 3.63) is 112 Å². The summed E-state index contributed by atoms with van der Waals surface area (Å²) in [6.07, 6.45) is 4.14. The van der Waals surface area contributed by atoms with Crippen LogP contribution in [0.25, 0.3) is 11.1 Å². The highest BCUT2D eigenvalue weighted by Crippen LogP contribution is 2.38. The predicted octanol–water partition coefficient (Wildman–Crippen LogP) is 4.89. The van der Waals surface area contributed by atoms with Gasteiger partial charge in [0.25, 0.3) is 11.8 Å².